The SMILES string of the molecule is O=C1N(CC(O)Cn2c3ccc(F)cc3c3cc(F)ccc32)CCN1C1CCCC1. The molecule has 2 heterocycles. The van der Waals surface area contributed by atoms with Crippen molar-refractivity contribution in [3.05, 3.63) is 48.0 Å². The van der Waals surface area contributed by atoms with Gasteiger partial charge < -0.3 is 19.5 Å². The maximum Gasteiger partial charge on any atom is 0.320 e. The summed E-state index contributed by atoms with van der Waals surface area (Å²) in [6, 6.07) is 9.16. The van der Waals surface area contributed by atoms with Gasteiger partial charge in [-0.1, -0.05) is 12.8 Å². The Hall–Kier alpha value is -2.67. The molecule has 1 saturated heterocycles. The highest BCUT2D eigenvalue weighted by atomic mass is 19.1. The van der Waals surface area contributed by atoms with Gasteiger partial charge in [0.2, 0.25) is 0 Å². The van der Waals surface area contributed by atoms with E-state index < -0.39 is 6.10 Å². The molecule has 2 aromatic carbocycles. The summed E-state index contributed by atoms with van der Waals surface area (Å²) < 4.78 is 29.5. The molecule has 1 unspecified atom stereocenters. The fourth-order valence-corrected chi connectivity index (χ4v) is 5.09. The second-order valence-electron chi connectivity index (χ2n) is 8.45. The molecule has 1 atom stereocenters. The number of rotatable bonds is 5. The van der Waals surface area contributed by atoms with E-state index >= 15 is 0 Å². The normalized spacial score (nSPS) is 19.0. The molecule has 0 radical (unpaired) electrons. The molecule has 30 heavy (non-hydrogen) atoms. The summed E-state index contributed by atoms with van der Waals surface area (Å²) in [4.78, 5) is 16.4. The third-order valence-electron chi connectivity index (χ3n) is 6.51. The lowest BCUT2D eigenvalue weighted by Gasteiger charge is -2.25. The van der Waals surface area contributed by atoms with Crippen LogP contribution in [0, 0.1) is 11.6 Å². The lowest BCUT2D eigenvalue weighted by atomic mass is 10.1. The molecular weight excluding hydrogens is 388 g/mol. The van der Waals surface area contributed by atoms with Crippen molar-refractivity contribution >= 4 is 27.8 Å². The lowest BCUT2D eigenvalue weighted by molar-refractivity contribution is 0.113. The van der Waals surface area contributed by atoms with Gasteiger partial charge in [0.25, 0.3) is 0 Å². The van der Waals surface area contributed by atoms with E-state index in [0.717, 1.165) is 23.9 Å². The van der Waals surface area contributed by atoms with Crippen LogP contribution in [0.15, 0.2) is 36.4 Å². The van der Waals surface area contributed by atoms with E-state index in [1.165, 1.54) is 37.1 Å². The summed E-state index contributed by atoms with van der Waals surface area (Å²) in [6.07, 6.45) is 3.69. The van der Waals surface area contributed by atoms with Crippen LogP contribution in [0.2, 0.25) is 0 Å². The average molecular weight is 413 g/mol. The van der Waals surface area contributed by atoms with Crippen LogP contribution in [0.25, 0.3) is 21.8 Å². The van der Waals surface area contributed by atoms with Gasteiger partial charge in [-0.05, 0) is 49.2 Å². The Balaban J connectivity index is 1.38. The van der Waals surface area contributed by atoms with E-state index in [2.05, 4.69) is 0 Å². The Bertz CT molecular complexity index is 1050. The standard InChI is InChI=1S/C23H25F2N3O2/c24-15-5-7-21-19(11-15)20-12-16(25)6-8-22(20)28(21)14-18(29)13-26-9-10-27(23(26)30)17-3-1-2-4-17/h5-8,11-12,17-18,29H,1-4,9-10,13-14H2. The minimum absolute atomic E-state index is 0.00677. The zero-order valence-corrected chi connectivity index (χ0v) is 16.7. The average Bonchev–Trinajstić information content (AvgIpc) is 3.42. The maximum absolute atomic E-state index is 13.8. The topological polar surface area (TPSA) is 48.7 Å². The molecule has 7 heteroatoms. The number of urea groups is 1. The van der Waals surface area contributed by atoms with Gasteiger partial charge in [-0.2, -0.15) is 0 Å². The Kier molecular flexibility index (Phi) is 4.85. The van der Waals surface area contributed by atoms with E-state index in [0.29, 0.717) is 29.9 Å². The number of aromatic nitrogens is 1. The van der Waals surface area contributed by atoms with E-state index in [1.54, 1.807) is 17.0 Å². The van der Waals surface area contributed by atoms with Crippen LogP contribution in [-0.2, 0) is 6.54 Å². The number of β-amino-alcohol motifs (C(OH)–C–C–N with tert-alkyl or cyclic N) is 1. The minimum Gasteiger partial charge on any atom is -0.389 e. The van der Waals surface area contributed by atoms with Crippen LogP contribution < -0.4 is 0 Å². The van der Waals surface area contributed by atoms with Gasteiger partial charge in [0.05, 0.1) is 19.2 Å². The molecule has 2 amide bonds. The first kappa shape index (κ1) is 19.3. The van der Waals surface area contributed by atoms with Gasteiger partial charge in [0, 0.05) is 40.9 Å². The van der Waals surface area contributed by atoms with Crippen LogP contribution in [0.5, 0.6) is 0 Å². The molecular formula is C23H25F2N3O2. The molecule has 3 aromatic rings. The Morgan fingerprint density at radius 2 is 1.53 bits per heavy atom. The predicted octanol–water partition coefficient (Wildman–Crippen LogP) is 4.11. The van der Waals surface area contributed by atoms with Gasteiger partial charge in [0.1, 0.15) is 11.6 Å². The number of aliphatic hydroxyl groups is 1. The largest absolute Gasteiger partial charge is 0.389 e. The zero-order chi connectivity index (χ0) is 20.8. The first-order valence-corrected chi connectivity index (χ1v) is 10.6. The summed E-state index contributed by atoms with van der Waals surface area (Å²) in [6.45, 7) is 1.82. The zero-order valence-electron chi connectivity index (χ0n) is 16.7. The second-order valence-corrected chi connectivity index (χ2v) is 8.45. The fourth-order valence-electron chi connectivity index (χ4n) is 5.09. The van der Waals surface area contributed by atoms with Gasteiger partial charge in [0.15, 0.2) is 0 Å². The van der Waals surface area contributed by atoms with E-state index in [4.69, 9.17) is 0 Å². The molecule has 5 rings (SSSR count). The molecule has 5 nitrogen and oxygen atoms in total. The molecule has 1 N–H and O–H groups in total. The molecule has 158 valence electrons. The summed E-state index contributed by atoms with van der Waals surface area (Å²) in [5.41, 5.74) is 1.47. The summed E-state index contributed by atoms with van der Waals surface area (Å²) in [5.74, 6) is -0.776. The quantitative estimate of drug-likeness (QED) is 0.684. The van der Waals surface area contributed by atoms with Crippen molar-refractivity contribution in [3.63, 3.8) is 0 Å². The molecule has 0 bridgehead atoms. The molecule has 1 aliphatic heterocycles. The molecule has 2 aliphatic rings. The van der Waals surface area contributed by atoms with Gasteiger partial charge >= 0.3 is 6.03 Å². The number of fused-ring (bicyclic) bond motifs is 3. The van der Waals surface area contributed by atoms with Crippen molar-refractivity contribution < 1.29 is 18.7 Å². The number of nitrogens with zero attached hydrogens (tertiary/aromatic N) is 3. The first-order valence-electron chi connectivity index (χ1n) is 10.6. The summed E-state index contributed by atoms with van der Waals surface area (Å²) in [5, 5.41) is 12.0. The Labute approximate surface area is 173 Å². The van der Waals surface area contributed by atoms with Crippen molar-refractivity contribution in [1.29, 1.82) is 0 Å². The van der Waals surface area contributed by atoms with E-state index in [1.807, 2.05) is 9.47 Å². The number of amides is 2. The number of benzene rings is 2. The number of carbonyl (C=O) groups is 1. The van der Waals surface area contributed by atoms with Crippen molar-refractivity contribution in [3.8, 4) is 0 Å². The van der Waals surface area contributed by atoms with Crippen LogP contribution in [0.1, 0.15) is 25.7 Å². The molecule has 2 fully saturated rings. The van der Waals surface area contributed by atoms with Crippen LogP contribution in [0.3, 0.4) is 0 Å². The highest BCUT2D eigenvalue weighted by Gasteiger charge is 2.35. The third-order valence-corrected chi connectivity index (χ3v) is 6.51. The van der Waals surface area contributed by atoms with Gasteiger partial charge in [-0.25, -0.2) is 13.6 Å². The van der Waals surface area contributed by atoms with Crippen LogP contribution in [0.4, 0.5) is 13.6 Å². The molecule has 0 spiro atoms. The number of carbonyl (C=O) groups excluding carboxylic acids is 1. The maximum atomic E-state index is 13.8. The smallest absolute Gasteiger partial charge is 0.320 e. The van der Waals surface area contributed by atoms with Crippen molar-refractivity contribution in [1.82, 2.24) is 14.4 Å². The Morgan fingerprint density at radius 1 is 0.933 bits per heavy atom. The second kappa shape index (κ2) is 7.54. The highest BCUT2D eigenvalue weighted by molar-refractivity contribution is 6.08. The van der Waals surface area contributed by atoms with E-state index in [9.17, 15) is 18.7 Å². The van der Waals surface area contributed by atoms with Crippen molar-refractivity contribution in [2.45, 2.75) is 44.4 Å². The molecule has 1 aliphatic carbocycles. The Morgan fingerprint density at radius 3 is 2.13 bits per heavy atom. The minimum atomic E-state index is -0.786. The van der Waals surface area contributed by atoms with E-state index in [-0.39, 0.29) is 30.8 Å². The number of hydrogen-bond donors (Lipinski definition) is 1. The molecule has 1 saturated carbocycles. The first-order chi connectivity index (χ1) is 14.5. The van der Waals surface area contributed by atoms with Crippen molar-refractivity contribution in [2.75, 3.05) is 19.6 Å². The van der Waals surface area contributed by atoms with Crippen LogP contribution in [-0.4, -0.2) is 57.3 Å². The lowest BCUT2D eigenvalue weighted by Crippen LogP contribution is -2.41. The fraction of sp³-hybridized carbons (Fsp3) is 0.435. The number of hydrogen-bond acceptors (Lipinski definition) is 2. The third kappa shape index (κ3) is 3.31. The number of aliphatic hydroxyl groups excluding tert-OH is 1. The number of halogens is 2. The molecule has 1 aromatic heterocycles. The van der Waals surface area contributed by atoms with Gasteiger partial charge in [-0.3, -0.25) is 0 Å². The monoisotopic (exact) mass is 413 g/mol. The van der Waals surface area contributed by atoms with Crippen LogP contribution >= 0.6 is 0 Å². The summed E-state index contributed by atoms with van der Waals surface area (Å²) >= 11 is 0. The highest BCUT2D eigenvalue weighted by Crippen LogP contribution is 2.31. The van der Waals surface area contributed by atoms with Crippen molar-refractivity contribution in [2.24, 2.45) is 0 Å². The predicted molar refractivity (Wildman–Crippen MR) is 111 cm³/mol. The summed E-state index contributed by atoms with van der Waals surface area (Å²) in [7, 11) is 0. The van der Waals surface area contributed by atoms with Gasteiger partial charge in [-0.15, -0.1) is 0 Å².